The lowest BCUT2D eigenvalue weighted by Crippen LogP contribution is -2.58. The minimum atomic E-state index is -1.19. The highest BCUT2D eigenvalue weighted by Crippen LogP contribution is 2.06. The summed E-state index contributed by atoms with van der Waals surface area (Å²) in [5.41, 5.74) is 6.75. The second-order valence-electron chi connectivity index (χ2n) is 8.04. The summed E-state index contributed by atoms with van der Waals surface area (Å²) < 4.78 is 0. The first kappa shape index (κ1) is 25.5. The van der Waals surface area contributed by atoms with E-state index < -0.39 is 47.9 Å². The molecule has 4 unspecified atom stereocenters. The van der Waals surface area contributed by atoms with Gasteiger partial charge in [-0.2, -0.15) is 0 Å². The average molecular weight is 463 g/mol. The molecule has 0 aliphatic rings. The fourth-order valence-electron chi connectivity index (χ4n) is 2.99. The number of H-pyrrole nitrogens is 2. The molecule has 2 heterocycles. The standard InChI is InChI=1S/C20H30N8O5/c1-10(2)16(20(32)33)28-19(31)15(5-13-7-23-9-25-13)27-18(30)14(26-17(29)11(3)21)4-12-6-22-8-24-12/h6-11,14-16H,4-5,21H2,1-3H3,(H,22,24)(H,23,25)(H,26,29)(H,27,30)(H,28,31)(H,32,33). The van der Waals surface area contributed by atoms with Crippen LogP contribution in [-0.4, -0.2) is 72.9 Å². The number of nitrogens with two attached hydrogens (primary N) is 1. The number of carboxylic acid groups (broad SMARTS) is 1. The number of amides is 3. The van der Waals surface area contributed by atoms with E-state index in [0.717, 1.165) is 0 Å². The number of aromatic nitrogens is 4. The largest absolute Gasteiger partial charge is 0.480 e. The van der Waals surface area contributed by atoms with Gasteiger partial charge in [0.1, 0.15) is 18.1 Å². The molecule has 0 aromatic carbocycles. The van der Waals surface area contributed by atoms with E-state index in [-0.39, 0.29) is 18.8 Å². The van der Waals surface area contributed by atoms with E-state index in [1.165, 1.54) is 32.0 Å². The van der Waals surface area contributed by atoms with Crippen LogP contribution < -0.4 is 21.7 Å². The van der Waals surface area contributed by atoms with Crippen LogP contribution >= 0.6 is 0 Å². The molecule has 0 fully saturated rings. The maximum atomic E-state index is 13.1. The highest BCUT2D eigenvalue weighted by Gasteiger charge is 2.31. The zero-order chi connectivity index (χ0) is 24.5. The number of hydrogen-bond acceptors (Lipinski definition) is 7. The molecule has 180 valence electrons. The monoisotopic (exact) mass is 462 g/mol. The number of aromatic amines is 2. The Kier molecular flexibility index (Phi) is 9.09. The molecular formula is C20H30N8O5. The first-order valence-corrected chi connectivity index (χ1v) is 10.4. The zero-order valence-corrected chi connectivity index (χ0v) is 18.7. The number of rotatable bonds is 12. The SMILES string of the molecule is CC(N)C(=O)NC(Cc1cnc[nH]1)C(=O)NC(Cc1cnc[nH]1)C(=O)NC(C(=O)O)C(C)C. The van der Waals surface area contributed by atoms with Crippen LogP contribution in [0.1, 0.15) is 32.2 Å². The summed E-state index contributed by atoms with van der Waals surface area (Å²) in [4.78, 5) is 63.2. The van der Waals surface area contributed by atoms with Gasteiger partial charge in [0.25, 0.3) is 0 Å². The van der Waals surface area contributed by atoms with Crippen molar-refractivity contribution in [3.05, 3.63) is 36.4 Å². The summed E-state index contributed by atoms with van der Waals surface area (Å²) in [5, 5.41) is 17.1. The summed E-state index contributed by atoms with van der Waals surface area (Å²) in [5.74, 6) is -3.44. The van der Waals surface area contributed by atoms with E-state index in [9.17, 15) is 24.3 Å². The van der Waals surface area contributed by atoms with Crippen LogP contribution in [0.5, 0.6) is 0 Å². The van der Waals surface area contributed by atoms with Gasteiger partial charge in [-0.25, -0.2) is 14.8 Å². The average Bonchev–Trinajstić information content (AvgIpc) is 3.44. The molecule has 2 aromatic rings. The van der Waals surface area contributed by atoms with Crippen molar-refractivity contribution in [2.24, 2.45) is 11.7 Å². The normalized spacial score (nSPS) is 14.7. The number of aliphatic carboxylic acids is 1. The summed E-state index contributed by atoms with van der Waals surface area (Å²) in [6, 6.07) is -4.18. The van der Waals surface area contributed by atoms with Gasteiger partial charge in [-0.1, -0.05) is 13.8 Å². The van der Waals surface area contributed by atoms with E-state index >= 15 is 0 Å². The first-order chi connectivity index (χ1) is 15.6. The molecule has 2 aromatic heterocycles. The molecule has 2 rings (SSSR count). The van der Waals surface area contributed by atoms with Gasteiger partial charge in [-0.3, -0.25) is 14.4 Å². The van der Waals surface area contributed by atoms with Crippen LogP contribution in [0.25, 0.3) is 0 Å². The lowest BCUT2D eigenvalue weighted by atomic mass is 10.0. The molecule has 0 bridgehead atoms. The number of carbonyl (C=O) groups excluding carboxylic acids is 3. The summed E-state index contributed by atoms with van der Waals surface area (Å²) in [6.07, 6.45) is 5.96. The summed E-state index contributed by atoms with van der Waals surface area (Å²) >= 11 is 0. The second-order valence-corrected chi connectivity index (χ2v) is 8.04. The highest BCUT2D eigenvalue weighted by molar-refractivity contribution is 5.94. The van der Waals surface area contributed by atoms with Gasteiger partial charge in [-0.05, 0) is 12.8 Å². The number of imidazole rings is 2. The number of hydrogen-bond donors (Lipinski definition) is 7. The van der Waals surface area contributed by atoms with Gasteiger partial charge in [0.05, 0.1) is 18.7 Å². The van der Waals surface area contributed by atoms with E-state index in [0.29, 0.717) is 11.4 Å². The van der Waals surface area contributed by atoms with Crippen LogP contribution in [-0.2, 0) is 32.0 Å². The Morgan fingerprint density at radius 2 is 1.33 bits per heavy atom. The smallest absolute Gasteiger partial charge is 0.326 e. The Morgan fingerprint density at radius 3 is 1.70 bits per heavy atom. The van der Waals surface area contributed by atoms with Gasteiger partial charge in [0.15, 0.2) is 0 Å². The molecule has 13 heteroatoms. The Hall–Kier alpha value is -3.74. The quantitative estimate of drug-likeness (QED) is 0.196. The van der Waals surface area contributed by atoms with Crippen molar-refractivity contribution in [3.8, 4) is 0 Å². The van der Waals surface area contributed by atoms with Gasteiger partial charge < -0.3 is 36.8 Å². The molecule has 0 aliphatic carbocycles. The maximum absolute atomic E-state index is 13.1. The lowest BCUT2D eigenvalue weighted by molar-refractivity contribution is -0.143. The maximum Gasteiger partial charge on any atom is 0.326 e. The number of carboxylic acids is 1. The number of nitrogens with zero attached hydrogens (tertiary/aromatic N) is 2. The number of carbonyl (C=O) groups is 4. The second kappa shape index (κ2) is 11.8. The van der Waals surface area contributed by atoms with Crippen LogP contribution in [0.15, 0.2) is 25.0 Å². The van der Waals surface area contributed by atoms with Crippen molar-refractivity contribution in [2.75, 3.05) is 0 Å². The van der Waals surface area contributed by atoms with Crippen molar-refractivity contribution in [2.45, 2.75) is 57.8 Å². The van der Waals surface area contributed by atoms with Crippen LogP contribution in [0, 0.1) is 5.92 Å². The van der Waals surface area contributed by atoms with Crippen molar-refractivity contribution < 1.29 is 24.3 Å². The van der Waals surface area contributed by atoms with Crippen molar-refractivity contribution >= 4 is 23.7 Å². The molecule has 0 saturated carbocycles. The minimum absolute atomic E-state index is 0.0278. The summed E-state index contributed by atoms with van der Waals surface area (Å²) in [7, 11) is 0. The molecule has 8 N–H and O–H groups in total. The third-order valence-electron chi connectivity index (χ3n) is 4.87. The Morgan fingerprint density at radius 1 is 0.879 bits per heavy atom. The van der Waals surface area contributed by atoms with Crippen molar-refractivity contribution in [1.29, 1.82) is 0 Å². The van der Waals surface area contributed by atoms with Gasteiger partial charge in [0.2, 0.25) is 17.7 Å². The molecule has 0 spiro atoms. The first-order valence-electron chi connectivity index (χ1n) is 10.4. The fourth-order valence-corrected chi connectivity index (χ4v) is 2.99. The topological polar surface area (TPSA) is 208 Å². The molecule has 13 nitrogen and oxygen atoms in total. The van der Waals surface area contributed by atoms with Gasteiger partial charge >= 0.3 is 5.97 Å². The third kappa shape index (κ3) is 7.71. The van der Waals surface area contributed by atoms with E-state index in [2.05, 4.69) is 35.9 Å². The Balaban J connectivity index is 2.22. The van der Waals surface area contributed by atoms with Crippen LogP contribution in [0.2, 0.25) is 0 Å². The molecular weight excluding hydrogens is 432 g/mol. The Labute approximate surface area is 190 Å². The van der Waals surface area contributed by atoms with Crippen molar-refractivity contribution in [1.82, 2.24) is 35.9 Å². The van der Waals surface area contributed by atoms with E-state index in [4.69, 9.17) is 5.73 Å². The molecule has 0 radical (unpaired) electrons. The molecule has 0 saturated heterocycles. The van der Waals surface area contributed by atoms with E-state index in [1.807, 2.05) is 0 Å². The number of nitrogens with one attached hydrogen (secondary N) is 5. The molecule has 33 heavy (non-hydrogen) atoms. The zero-order valence-electron chi connectivity index (χ0n) is 18.7. The van der Waals surface area contributed by atoms with Crippen LogP contribution in [0.3, 0.4) is 0 Å². The Bertz CT molecular complexity index is 926. The molecule has 4 atom stereocenters. The highest BCUT2D eigenvalue weighted by atomic mass is 16.4. The van der Waals surface area contributed by atoms with Gasteiger partial charge in [0, 0.05) is 36.6 Å². The lowest BCUT2D eigenvalue weighted by Gasteiger charge is -2.25. The summed E-state index contributed by atoms with van der Waals surface area (Å²) in [6.45, 7) is 4.80. The predicted molar refractivity (Wildman–Crippen MR) is 116 cm³/mol. The fraction of sp³-hybridized carbons (Fsp3) is 0.500. The van der Waals surface area contributed by atoms with Gasteiger partial charge in [-0.15, -0.1) is 0 Å². The molecule has 0 aliphatic heterocycles. The molecule has 3 amide bonds. The predicted octanol–water partition coefficient (Wildman–Crippen LogP) is -1.54. The third-order valence-corrected chi connectivity index (χ3v) is 4.87. The van der Waals surface area contributed by atoms with Crippen molar-refractivity contribution in [3.63, 3.8) is 0 Å². The minimum Gasteiger partial charge on any atom is -0.480 e. The van der Waals surface area contributed by atoms with E-state index in [1.54, 1.807) is 13.8 Å². The van der Waals surface area contributed by atoms with Crippen LogP contribution in [0.4, 0.5) is 0 Å².